The van der Waals surface area contributed by atoms with Gasteiger partial charge in [0, 0.05) is 18.0 Å². The number of furan rings is 1. The molecule has 1 aromatic heterocycles. The van der Waals surface area contributed by atoms with Crippen molar-refractivity contribution in [1.29, 1.82) is 0 Å². The number of esters is 1. The van der Waals surface area contributed by atoms with Gasteiger partial charge in [0.1, 0.15) is 30.1 Å². The summed E-state index contributed by atoms with van der Waals surface area (Å²) in [6.07, 6.45) is -0.570. The number of aryl methyl sites for hydroxylation is 1. The second-order valence-electron chi connectivity index (χ2n) is 6.64. The quantitative estimate of drug-likeness (QED) is 0.799. The maximum absolute atomic E-state index is 11.9. The lowest BCUT2D eigenvalue weighted by Gasteiger charge is -2.24. The molecule has 24 heavy (non-hydrogen) atoms. The summed E-state index contributed by atoms with van der Waals surface area (Å²) in [5, 5.41) is 0.995. The molecule has 6 heteroatoms. The Hall–Kier alpha value is -2.50. The van der Waals surface area contributed by atoms with E-state index in [-0.39, 0.29) is 13.2 Å². The van der Waals surface area contributed by atoms with Crippen LogP contribution in [0.2, 0.25) is 0 Å². The van der Waals surface area contributed by atoms with Gasteiger partial charge in [0.2, 0.25) is 0 Å². The summed E-state index contributed by atoms with van der Waals surface area (Å²) in [6.45, 7) is 7.06. The maximum atomic E-state index is 11.9. The fourth-order valence-corrected chi connectivity index (χ4v) is 2.15. The minimum absolute atomic E-state index is 0.0293. The number of hydrogen-bond acceptors (Lipinski definition) is 5. The molecule has 6 nitrogen and oxygen atoms in total. The molecule has 0 aliphatic rings. The molecule has 0 spiro atoms. The number of amides is 1. The van der Waals surface area contributed by atoms with Crippen molar-refractivity contribution in [2.75, 3.05) is 13.6 Å². The Balaban J connectivity index is 1.90. The Morgan fingerprint density at radius 1 is 1.21 bits per heavy atom. The summed E-state index contributed by atoms with van der Waals surface area (Å²) < 4.78 is 16.1. The van der Waals surface area contributed by atoms with E-state index in [0.29, 0.717) is 5.76 Å². The zero-order chi connectivity index (χ0) is 17.9. The van der Waals surface area contributed by atoms with Gasteiger partial charge < -0.3 is 18.8 Å². The van der Waals surface area contributed by atoms with Crippen molar-refractivity contribution in [2.45, 2.75) is 39.9 Å². The summed E-state index contributed by atoms with van der Waals surface area (Å²) >= 11 is 0. The largest absolute Gasteiger partial charge is 0.457 e. The van der Waals surface area contributed by atoms with Gasteiger partial charge in [0.15, 0.2) is 0 Å². The highest BCUT2D eigenvalue weighted by atomic mass is 16.6. The first kappa shape index (κ1) is 17.8. The van der Waals surface area contributed by atoms with Crippen molar-refractivity contribution >= 4 is 23.0 Å². The van der Waals surface area contributed by atoms with Crippen molar-refractivity contribution in [3.05, 3.63) is 35.6 Å². The SMILES string of the molecule is Cc1c(COC(=O)CN(C)C(=O)OC(C)(C)C)oc2ccccc12. The van der Waals surface area contributed by atoms with Crippen LogP contribution in [0.4, 0.5) is 4.79 Å². The minimum atomic E-state index is -0.610. The summed E-state index contributed by atoms with van der Waals surface area (Å²) in [4.78, 5) is 24.9. The predicted octanol–water partition coefficient (Wildman–Crippen LogP) is 3.65. The zero-order valence-corrected chi connectivity index (χ0v) is 14.7. The molecule has 0 atom stereocenters. The Morgan fingerprint density at radius 3 is 2.50 bits per heavy atom. The zero-order valence-electron chi connectivity index (χ0n) is 14.7. The molecule has 0 saturated heterocycles. The molecule has 2 aromatic rings. The number of fused-ring (bicyclic) bond motifs is 1. The summed E-state index contributed by atoms with van der Waals surface area (Å²) in [5.41, 5.74) is 1.09. The van der Waals surface area contributed by atoms with Crippen molar-refractivity contribution < 1.29 is 23.5 Å². The molecule has 0 aliphatic carbocycles. The normalized spacial score (nSPS) is 11.4. The third kappa shape index (κ3) is 4.50. The van der Waals surface area contributed by atoms with Crippen LogP contribution in [0.25, 0.3) is 11.0 Å². The van der Waals surface area contributed by atoms with Crippen LogP contribution in [0.3, 0.4) is 0 Å². The van der Waals surface area contributed by atoms with E-state index in [1.807, 2.05) is 31.2 Å². The highest BCUT2D eigenvalue weighted by Gasteiger charge is 2.22. The summed E-state index contributed by atoms with van der Waals surface area (Å²) in [5.74, 6) is 0.0766. The predicted molar refractivity (Wildman–Crippen MR) is 89.6 cm³/mol. The Kier molecular flexibility index (Phi) is 5.17. The van der Waals surface area contributed by atoms with Gasteiger partial charge in [-0.3, -0.25) is 4.79 Å². The van der Waals surface area contributed by atoms with Gasteiger partial charge in [-0.2, -0.15) is 0 Å². The van der Waals surface area contributed by atoms with Gasteiger partial charge in [0.25, 0.3) is 0 Å². The van der Waals surface area contributed by atoms with E-state index >= 15 is 0 Å². The highest BCUT2D eigenvalue weighted by Crippen LogP contribution is 2.25. The van der Waals surface area contributed by atoms with Crippen molar-refractivity contribution in [3.8, 4) is 0 Å². The molecule has 0 saturated carbocycles. The van der Waals surface area contributed by atoms with Crippen LogP contribution < -0.4 is 0 Å². The Bertz CT molecular complexity index is 741. The number of benzene rings is 1. The molecule has 1 aromatic carbocycles. The minimum Gasteiger partial charge on any atom is -0.457 e. The first-order valence-corrected chi connectivity index (χ1v) is 7.74. The topological polar surface area (TPSA) is 69.0 Å². The van der Waals surface area contributed by atoms with Crippen LogP contribution >= 0.6 is 0 Å². The van der Waals surface area contributed by atoms with Crippen LogP contribution in [0.1, 0.15) is 32.1 Å². The number of para-hydroxylation sites is 1. The average molecular weight is 333 g/mol. The van der Waals surface area contributed by atoms with Gasteiger partial charge in [-0.25, -0.2) is 4.79 Å². The monoisotopic (exact) mass is 333 g/mol. The second-order valence-corrected chi connectivity index (χ2v) is 6.64. The van der Waals surface area contributed by atoms with Gasteiger partial charge in [0.05, 0.1) is 0 Å². The standard InChI is InChI=1S/C18H23NO5/c1-12-13-8-6-7-9-14(13)23-15(12)11-22-16(20)10-19(5)17(21)24-18(2,3)4/h6-9H,10-11H2,1-5H3. The number of carbonyl (C=O) groups is 2. The van der Waals surface area contributed by atoms with E-state index in [9.17, 15) is 9.59 Å². The molecule has 0 fully saturated rings. The maximum Gasteiger partial charge on any atom is 0.410 e. The Morgan fingerprint density at radius 2 is 1.88 bits per heavy atom. The Labute approximate surface area is 141 Å². The molecular formula is C18H23NO5. The second kappa shape index (κ2) is 6.95. The first-order chi connectivity index (χ1) is 11.2. The van der Waals surface area contributed by atoms with E-state index in [4.69, 9.17) is 13.9 Å². The van der Waals surface area contributed by atoms with Crippen LogP contribution in [-0.4, -0.2) is 36.2 Å². The number of hydrogen-bond donors (Lipinski definition) is 0. The van der Waals surface area contributed by atoms with Gasteiger partial charge >= 0.3 is 12.1 Å². The fourth-order valence-electron chi connectivity index (χ4n) is 2.15. The molecule has 1 amide bonds. The van der Waals surface area contributed by atoms with Gasteiger partial charge in [-0.05, 0) is 33.8 Å². The van der Waals surface area contributed by atoms with Gasteiger partial charge in [-0.15, -0.1) is 0 Å². The molecule has 130 valence electrons. The van der Waals surface area contributed by atoms with Crippen LogP contribution in [0.5, 0.6) is 0 Å². The smallest absolute Gasteiger partial charge is 0.410 e. The van der Waals surface area contributed by atoms with E-state index in [2.05, 4.69) is 0 Å². The molecule has 0 radical (unpaired) electrons. The third-order valence-corrected chi connectivity index (χ3v) is 3.38. The van der Waals surface area contributed by atoms with E-state index < -0.39 is 17.7 Å². The van der Waals surface area contributed by atoms with Crippen LogP contribution in [-0.2, 0) is 20.9 Å². The van der Waals surface area contributed by atoms with Gasteiger partial charge in [-0.1, -0.05) is 18.2 Å². The molecule has 0 bridgehead atoms. The summed E-state index contributed by atoms with van der Waals surface area (Å²) in [7, 11) is 1.49. The average Bonchev–Trinajstić information content (AvgIpc) is 2.80. The van der Waals surface area contributed by atoms with E-state index in [1.165, 1.54) is 11.9 Å². The fraction of sp³-hybridized carbons (Fsp3) is 0.444. The number of carbonyl (C=O) groups excluding carboxylic acids is 2. The molecule has 0 aliphatic heterocycles. The lowest BCUT2D eigenvalue weighted by molar-refractivity contribution is -0.146. The number of ether oxygens (including phenoxy) is 2. The molecule has 0 N–H and O–H groups in total. The van der Waals surface area contributed by atoms with Crippen LogP contribution in [0, 0.1) is 6.92 Å². The lowest BCUT2D eigenvalue weighted by Crippen LogP contribution is -2.37. The van der Waals surface area contributed by atoms with Crippen LogP contribution in [0.15, 0.2) is 28.7 Å². The highest BCUT2D eigenvalue weighted by molar-refractivity contribution is 5.82. The molecule has 1 heterocycles. The number of likely N-dealkylation sites (N-methyl/N-ethyl adjacent to an activating group) is 1. The number of rotatable bonds is 4. The molecule has 0 unspecified atom stereocenters. The molecule has 2 rings (SSSR count). The van der Waals surface area contributed by atoms with Crippen molar-refractivity contribution in [3.63, 3.8) is 0 Å². The van der Waals surface area contributed by atoms with Crippen molar-refractivity contribution in [2.24, 2.45) is 0 Å². The number of nitrogens with zero attached hydrogens (tertiary/aromatic N) is 1. The summed E-state index contributed by atoms with van der Waals surface area (Å²) in [6, 6.07) is 7.63. The molecular weight excluding hydrogens is 310 g/mol. The first-order valence-electron chi connectivity index (χ1n) is 7.74. The van der Waals surface area contributed by atoms with E-state index in [1.54, 1.807) is 20.8 Å². The third-order valence-electron chi connectivity index (χ3n) is 3.38. The van der Waals surface area contributed by atoms with E-state index in [0.717, 1.165) is 16.5 Å². The van der Waals surface area contributed by atoms with Crippen molar-refractivity contribution in [1.82, 2.24) is 4.90 Å². The lowest BCUT2D eigenvalue weighted by atomic mass is 10.1.